The van der Waals surface area contributed by atoms with Crippen molar-refractivity contribution in [2.24, 2.45) is 0 Å². The molecule has 0 saturated carbocycles. The fraction of sp³-hybridized carbons (Fsp3) is 0.500. The minimum Gasteiger partial charge on any atom is -0.358 e. The van der Waals surface area contributed by atoms with Crippen LogP contribution in [0.3, 0.4) is 0 Å². The maximum Gasteiger partial charge on any atom is 0.390 e. The van der Waals surface area contributed by atoms with Crippen LogP contribution in [-0.2, 0) is 6.54 Å². The van der Waals surface area contributed by atoms with Gasteiger partial charge in [-0.2, -0.15) is 4.68 Å². The molecule has 1 heterocycles. The van der Waals surface area contributed by atoms with Crippen LogP contribution in [0.15, 0.2) is 6.07 Å². The van der Waals surface area contributed by atoms with E-state index in [0.717, 1.165) is 5.69 Å². The van der Waals surface area contributed by atoms with E-state index >= 15 is 0 Å². The van der Waals surface area contributed by atoms with Crippen molar-refractivity contribution in [1.82, 2.24) is 9.78 Å². The molecule has 12 heavy (non-hydrogen) atoms. The van der Waals surface area contributed by atoms with Crippen LogP contribution in [0.2, 0.25) is 0 Å². The number of aryl methyl sites for hydroxylation is 2. The molecule has 0 N–H and O–H groups in total. The minimum absolute atomic E-state index is 0.127. The highest BCUT2D eigenvalue weighted by Gasteiger charge is 2.13. The first-order chi connectivity index (χ1) is 5.65. The minimum atomic E-state index is -0.516. The molecule has 0 fully saturated rings. The first-order valence-corrected chi connectivity index (χ1v) is 3.93. The van der Waals surface area contributed by atoms with E-state index in [-0.39, 0.29) is 5.82 Å². The summed E-state index contributed by atoms with van der Waals surface area (Å²) in [5.41, 5.74) is 0.752. The fourth-order valence-electron chi connectivity index (χ4n) is 0.888. The van der Waals surface area contributed by atoms with Crippen molar-refractivity contribution in [2.45, 2.75) is 13.5 Å². The van der Waals surface area contributed by atoms with Crippen LogP contribution in [0.5, 0.6) is 0 Å². The normalized spacial score (nSPS) is 10.2. The van der Waals surface area contributed by atoms with E-state index in [1.807, 2.05) is 0 Å². The van der Waals surface area contributed by atoms with Gasteiger partial charge in [0.15, 0.2) is 0 Å². The Morgan fingerprint density at radius 3 is 2.92 bits per heavy atom. The molecular weight excluding hydrogens is 182 g/mol. The molecule has 0 saturated heterocycles. The van der Waals surface area contributed by atoms with Gasteiger partial charge in [0.1, 0.15) is 0 Å². The molecule has 0 unspecified atom stereocenters. The lowest BCUT2D eigenvalue weighted by atomic mass is 10.4. The predicted molar refractivity (Wildman–Crippen MR) is 44.3 cm³/mol. The number of nitro groups is 1. The summed E-state index contributed by atoms with van der Waals surface area (Å²) in [7, 11) is 0. The number of hydrogen-bond donors (Lipinski definition) is 0. The van der Waals surface area contributed by atoms with Gasteiger partial charge in [-0.05, 0) is 11.8 Å². The number of halogens is 1. The third-order valence-electron chi connectivity index (χ3n) is 1.45. The second-order valence-corrected chi connectivity index (χ2v) is 2.69. The summed E-state index contributed by atoms with van der Waals surface area (Å²) in [5, 5.41) is 14.0. The molecule has 1 rings (SSSR count). The molecule has 0 radical (unpaired) electrons. The standard InChI is InChI=1S/C6H8ClN3O2/c1-5-4-6(10(11)12)8-9(5)3-2-7/h4H,2-3H2,1H3. The highest BCUT2D eigenvalue weighted by molar-refractivity contribution is 6.17. The molecule has 0 atom stereocenters. The Morgan fingerprint density at radius 2 is 2.50 bits per heavy atom. The smallest absolute Gasteiger partial charge is 0.358 e. The predicted octanol–water partition coefficient (Wildman–Crippen LogP) is 1.34. The Balaban J connectivity index is 2.92. The molecule has 0 aliphatic rings. The van der Waals surface area contributed by atoms with Gasteiger partial charge in [-0.15, -0.1) is 11.6 Å². The molecule has 0 amide bonds. The Kier molecular flexibility index (Phi) is 2.65. The van der Waals surface area contributed by atoms with Crippen LogP contribution in [0, 0.1) is 17.0 Å². The Morgan fingerprint density at radius 1 is 1.83 bits per heavy atom. The van der Waals surface area contributed by atoms with Crippen LogP contribution in [-0.4, -0.2) is 20.6 Å². The van der Waals surface area contributed by atoms with Crippen molar-refractivity contribution in [3.63, 3.8) is 0 Å². The first kappa shape index (κ1) is 8.99. The SMILES string of the molecule is Cc1cc([N+](=O)[O-])nn1CCCl. The second-order valence-electron chi connectivity index (χ2n) is 2.31. The van der Waals surface area contributed by atoms with E-state index in [2.05, 4.69) is 5.10 Å². The first-order valence-electron chi connectivity index (χ1n) is 3.40. The van der Waals surface area contributed by atoms with Crippen LogP contribution >= 0.6 is 11.6 Å². The number of alkyl halides is 1. The van der Waals surface area contributed by atoms with Gasteiger partial charge in [0.2, 0.25) is 0 Å². The van der Waals surface area contributed by atoms with E-state index in [1.54, 1.807) is 6.92 Å². The summed E-state index contributed by atoms with van der Waals surface area (Å²) in [6.07, 6.45) is 0. The Bertz CT molecular complexity index is 297. The molecule has 0 spiro atoms. The third kappa shape index (κ3) is 1.73. The molecule has 1 aromatic heterocycles. The lowest BCUT2D eigenvalue weighted by Crippen LogP contribution is -2.03. The molecular formula is C6H8ClN3O2. The Hall–Kier alpha value is -1.10. The van der Waals surface area contributed by atoms with Crippen LogP contribution < -0.4 is 0 Å². The highest BCUT2D eigenvalue weighted by Crippen LogP contribution is 2.10. The summed E-state index contributed by atoms with van der Waals surface area (Å²) in [6.45, 7) is 2.26. The third-order valence-corrected chi connectivity index (χ3v) is 1.62. The summed E-state index contributed by atoms with van der Waals surface area (Å²) in [4.78, 5) is 9.75. The van der Waals surface area contributed by atoms with Crippen LogP contribution in [0.1, 0.15) is 5.69 Å². The second kappa shape index (κ2) is 3.53. The number of aromatic nitrogens is 2. The molecule has 0 bridgehead atoms. The molecule has 66 valence electrons. The van der Waals surface area contributed by atoms with Crippen molar-refractivity contribution < 1.29 is 4.92 Å². The topological polar surface area (TPSA) is 61.0 Å². The average Bonchev–Trinajstić information content (AvgIpc) is 2.34. The van der Waals surface area contributed by atoms with E-state index in [0.29, 0.717) is 12.4 Å². The van der Waals surface area contributed by atoms with Crippen LogP contribution in [0.4, 0.5) is 5.82 Å². The summed E-state index contributed by atoms with van der Waals surface area (Å²) in [5.74, 6) is 0.275. The van der Waals surface area contributed by atoms with Gasteiger partial charge in [0.25, 0.3) is 0 Å². The van der Waals surface area contributed by atoms with E-state index < -0.39 is 4.92 Å². The fourth-order valence-corrected chi connectivity index (χ4v) is 1.05. The van der Waals surface area contributed by atoms with Crippen LogP contribution in [0.25, 0.3) is 0 Å². The molecule has 0 aromatic carbocycles. The molecule has 0 aliphatic carbocycles. The summed E-state index contributed by atoms with van der Waals surface area (Å²) >= 11 is 5.47. The maximum absolute atomic E-state index is 10.3. The molecule has 5 nitrogen and oxygen atoms in total. The zero-order chi connectivity index (χ0) is 9.14. The zero-order valence-electron chi connectivity index (χ0n) is 6.53. The van der Waals surface area contributed by atoms with Gasteiger partial charge < -0.3 is 10.1 Å². The van der Waals surface area contributed by atoms with Crippen molar-refractivity contribution in [3.05, 3.63) is 21.9 Å². The lowest BCUT2D eigenvalue weighted by Gasteiger charge is -1.91. The summed E-state index contributed by atoms with van der Waals surface area (Å²) < 4.78 is 1.52. The maximum atomic E-state index is 10.3. The van der Waals surface area contributed by atoms with Crippen molar-refractivity contribution in [3.8, 4) is 0 Å². The number of hydrogen-bond acceptors (Lipinski definition) is 3. The lowest BCUT2D eigenvalue weighted by molar-refractivity contribution is -0.389. The quantitative estimate of drug-likeness (QED) is 0.410. The highest BCUT2D eigenvalue weighted by atomic mass is 35.5. The summed E-state index contributed by atoms with van der Waals surface area (Å²) in [6, 6.07) is 1.42. The van der Waals surface area contributed by atoms with Gasteiger partial charge >= 0.3 is 5.82 Å². The van der Waals surface area contributed by atoms with Gasteiger partial charge in [0.05, 0.1) is 23.4 Å². The Labute approximate surface area is 74.1 Å². The largest absolute Gasteiger partial charge is 0.390 e. The van der Waals surface area contributed by atoms with Crippen molar-refractivity contribution in [1.29, 1.82) is 0 Å². The average molecular weight is 190 g/mol. The molecule has 1 aromatic rings. The van der Waals surface area contributed by atoms with Gasteiger partial charge in [0, 0.05) is 5.88 Å². The monoisotopic (exact) mass is 189 g/mol. The number of rotatable bonds is 3. The number of nitrogens with zero attached hydrogens (tertiary/aromatic N) is 3. The van der Waals surface area contributed by atoms with E-state index in [4.69, 9.17) is 11.6 Å². The van der Waals surface area contributed by atoms with Crippen molar-refractivity contribution >= 4 is 17.4 Å². The van der Waals surface area contributed by atoms with Gasteiger partial charge in [-0.3, -0.25) is 0 Å². The molecule has 0 aliphatic heterocycles. The molecule has 6 heteroatoms. The van der Waals surface area contributed by atoms with E-state index in [9.17, 15) is 10.1 Å². The van der Waals surface area contributed by atoms with Gasteiger partial charge in [-0.25, -0.2) is 0 Å². The van der Waals surface area contributed by atoms with E-state index in [1.165, 1.54) is 10.7 Å². The van der Waals surface area contributed by atoms with Crippen molar-refractivity contribution in [2.75, 3.05) is 5.88 Å². The zero-order valence-corrected chi connectivity index (χ0v) is 7.28. The van der Waals surface area contributed by atoms with Gasteiger partial charge in [-0.1, -0.05) is 0 Å².